The summed E-state index contributed by atoms with van der Waals surface area (Å²) in [6, 6.07) is 15.8. The lowest BCUT2D eigenvalue weighted by atomic mass is 9.92. The van der Waals surface area contributed by atoms with E-state index in [0.717, 1.165) is 45.6 Å². The molecule has 0 bridgehead atoms. The van der Waals surface area contributed by atoms with Crippen LogP contribution in [0.4, 0.5) is 0 Å². The molecule has 1 aromatic heterocycles. The van der Waals surface area contributed by atoms with Crippen molar-refractivity contribution in [1.29, 1.82) is 0 Å². The van der Waals surface area contributed by atoms with E-state index in [-0.39, 0.29) is 0 Å². The van der Waals surface area contributed by atoms with E-state index in [0.29, 0.717) is 11.8 Å². The number of para-hydroxylation sites is 1. The highest BCUT2D eigenvalue weighted by molar-refractivity contribution is 6.08. The Balaban J connectivity index is 1.26. The fourth-order valence-electron chi connectivity index (χ4n) is 5.78. The summed E-state index contributed by atoms with van der Waals surface area (Å²) in [5.41, 5.74) is 4.07. The van der Waals surface area contributed by atoms with Gasteiger partial charge in [-0.2, -0.15) is 0 Å². The highest BCUT2D eigenvalue weighted by Gasteiger charge is 2.23. The van der Waals surface area contributed by atoms with Crippen LogP contribution in [-0.2, 0) is 17.9 Å². The molecule has 0 spiro atoms. The molecule has 5 rings (SSSR count). The van der Waals surface area contributed by atoms with Gasteiger partial charge in [0, 0.05) is 61.0 Å². The van der Waals surface area contributed by atoms with Crippen LogP contribution in [0, 0.1) is 5.92 Å². The number of aromatic nitrogens is 1. The summed E-state index contributed by atoms with van der Waals surface area (Å²) in [5.74, 6) is 1.04. The molecule has 2 saturated heterocycles. The topological polar surface area (TPSA) is 28.5 Å². The Morgan fingerprint density at radius 3 is 2.61 bits per heavy atom. The molecule has 2 aliphatic heterocycles. The molecule has 2 fully saturated rings. The zero-order valence-electron chi connectivity index (χ0n) is 18.9. The van der Waals surface area contributed by atoms with E-state index in [2.05, 4.69) is 63.8 Å². The first-order chi connectivity index (χ1) is 15.2. The minimum absolute atomic E-state index is 0.382. The zero-order chi connectivity index (χ0) is 21.2. The predicted octanol–water partition coefficient (Wildman–Crippen LogP) is 5.43. The quantitative estimate of drug-likeness (QED) is 0.535. The van der Waals surface area contributed by atoms with Crippen LogP contribution >= 0.6 is 0 Å². The van der Waals surface area contributed by atoms with Gasteiger partial charge in [-0.3, -0.25) is 9.69 Å². The van der Waals surface area contributed by atoms with E-state index in [1.807, 2.05) is 0 Å². The number of rotatable bonds is 6. The minimum Gasteiger partial charge on any atom is -0.343 e. The number of likely N-dealkylation sites (tertiary alicyclic amines) is 2. The van der Waals surface area contributed by atoms with Gasteiger partial charge in [0.15, 0.2) is 0 Å². The summed E-state index contributed by atoms with van der Waals surface area (Å²) in [5, 5.41) is 2.73. The van der Waals surface area contributed by atoms with Crippen molar-refractivity contribution in [3.8, 4) is 0 Å². The third kappa shape index (κ3) is 4.23. The number of piperidine rings is 1. The summed E-state index contributed by atoms with van der Waals surface area (Å²) < 4.78 is 2.42. The molecule has 31 heavy (non-hydrogen) atoms. The predicted molar refractivity (Wildman–Crippen MR) is 128 cm³/mol. The van der Waals surface area contributed by atoms with Crippen molar-refractivity contribution in [3.05, 3.63) is 48.0 Å². The number of carbonyl (C=O) groups excluding carboxylic acids is 1. The van der Waals surface area contributed by atoms with Gasteiger partial charge >= 0.3 is 0 Å². The average molecular weight is 418 g/mol. The van der Waals surface area contributed by atoms with Gasteiger partial charge in [-0.1, -0.05) is 24.3 Å². The van der Waals surface area contributed by atoms with Crippen molar-refractivity contribution in [1.82, 2.24) is 14.4 Å². The van der Waals surface area contributed by atoms with Crippen molar-refractivity contribution in [2.45, 2.75) is 58.5 Å². The Bertz CT molecular complexity index is 1060. The summed E-state index contributed by atoms with van der Waals surface area (Å²) in [6.45, 7) is 8.49. The van der Waals surface area contributed by atoms with Gasteiger partial charge in [0.05, 0.1) is 0 Å². The second kappa shape index (κ2) is 9.04. The van der Waals surface area contributed by atoms with Gasteiger partial charge in [-0.25, -0.2) is 0 Å². The van der Waals surface area contributed by atoms with Crippen LogP contribution < -0.4 is 0 Å². The number of hydrogen-bond acceptors (Lipinski definition) is 2. The summed E-state index contributed by atoms with van der Waals surface area (Å²) in [4.78, 5) is 17.1. The fraction of sp³-hybridized carbons (Fsp3) is 0.519. The SMILES string of the molecule is CCn1c2ccccc2c2cc(CN3CCC[C@H](CCC(=O)N4CCCC4)C3)ccc21. The number of aryl methyl sites for hydroxylation is 1. The van der Waals surface area contributed by atoms with Crippen molar-refractivity contribution in [2.75, 3.05) is 26.2 Å². The van der Waals surface area contributed by atoms with Gasteiger partial charge < -0.3 is 9.47 Å². The normalized spacial score (nSPS) is 20.2. The molecular weight excluding hydrogens is 382 g/mol. The first kappa shape index (κ1) is 20.6. The molecule has 4 nitrogen and oxygen atoms in total. The maximum atomic E-state index is 12.4. The Labute approximate surface area is 185 Å². The van der Waals surface area contributed by atoms with Crippen LogP contribution in [-0.4, -0.2) is 46.5 Å². The second-order valence-corrected chi connectivity index (χ2v) is 9.48. The third-order valence-corrected chi connectivity index (χ3v) is 7.39. The van der Waals surface area contributed by atoms with Crippen molar-refractivity contribution in [2.24, 2.45) is 5.92 Å². The molecule has 1 amide bonds. The van der Waals surface area contributed by atoms with Crippen LogP contribution in [0.2, 0.25) is 0 Å². The standard InChI is InChI=1S/C27H35N3O/c1-2-30-25-10-4-3-9-23(25)24-18-22(11-13-26(24)30)20-28-15-7-8-21(19-28)12-14-27(31)29-16-5-6-17-29/h3-4,9-11,13,18,21H,2,5-8,12,14-17,19-20H2,1H3/t21-/m1/s1. The molecule has 164 valence electrons. The number of benzene rings is 2. The lowest BCUT2D eigenvalue weighted by Gasteiger charge is -2.33. The molecule has 3 aromatic rings. The molecule has 2 aromatic carbocycles. The van der Waals surface area contributed by atoms with Gasteiger partial charge in [-0.15, -0.1) is 0 Å². The molecule has 0 unspecified atom stereocenters. The molecule has 0 saturated carbocycles. The molecular formula is C27H35N3O. The first-order valence-corrected chi connectivity index (χ1v) is 12.2. The van der Waals surface area contributed by atoms with E-state index >= 15 is 0 Å². The molecule has 4 heteroatoms. The molecule has 2 aliphatic rings. The number of hydrogen-bond donors (Lipinski definition) is 0. The number of fused-ring (bicyclic) bond motifs is 3. The largest absolute Gasteiger partial charge is 0.343 e. The number of amides is 1. The molecule has 0 radical (unpaired) electrons. The Morgan fingerprint density at radius 2 is 1.77 bits per heavy atom. The van der Waals surface area contributed by atoms with Crippen LogP contribution in [0.5, 0.6) is 0 Å². The van der Waals surface area contributed by atoms with E-state index in [9.17, 15) is 4.79 Å². The third-order valence-electron chi connectivity index (χ3n) is 7.39. The van der Waals surface area contributed by atoms with Crippen LogP contribution in [0.25, 0.3) is 21.8 Å². The smallest absolute Gasteiger partial charge is 0.222 e. The van der Waals surface area contributed by atoms with Crippen molar-refractivity contribution in [3.63, 3.8) is 0 Å². The van der Waals surface area contributed by atoms with E-state index in [4.69, 9.17) is 0 Å². The Hall–Kier alpha value is -2.33. The number of nitrogens with zero attached hydrogens (tertiary/aromatic N) is 3. The lowest BCUT2D eigenvalue weighted by Crippen LogP contribution is -2.35. The van der Waals surface area contributed by atoms with Gasteiger partial charge in [-0.05, 0) is 75.3 Å². The van der Waals surface area contributed by atoms with Gasteiger partial charge in [0.25, 0.3) is 0 Å². The maximum absolute atomic E-state index is 12.4. The fourth-order valence-corrected chi connectivity index (χ4v) is 5.78. The Morgan fingerprint density at radius 1 is 0.968 bits per heavy atom. The van der Waals surface area contributed by atoms with E-state index in [1.54, 1.807) is 0 Å². The molecule has 1 atom stereocenters. The molecule has 0 N–H and O–H groups in total. The van der Waals surface area contributed by atoms with Crippen molar-refractivity contribution >= 4 is 27.7 Å². The summed E-state index contributed by atoms with van der Waals surface area (Å²) in [6.07, 6.45) is 6.68. The zero-order valence-corrected chi connectivity index (χ0v) is 18.9. The number of carbonyl (C=O) groups is 1. The highest BCUT2D eigenvalue weighted by atomic mass is 16.2. The van der Waals surface area contributed by atoms with Crippen LogP contribution in [0.15, 0.2) is 42.5 Å². The maximum Gasteiger partial charge on any atom is 0.222 e. The lowest BCUT2D eigenvalue weighted by molar-refractivity contribution is -0.130. The van der Waals surface area contributed by atoms with Crippen LogP contribution in [0.1, 0.15) is 51.0 Å². The second-order valence-electron chi connectivity index (χ2n) is 9.48. The average Bonchev–Trinajstić information content (AvgIpc) is 3.44. The minimum atomic E-state index is 0.382. The van der Waals surface area contributed by atoms with Crippen molar-refractivity contribution < 1.29 is 4.79 Å². The Kier molecular flexibility index (Phi) is 5.99. The van der Waals surface area contributed by atoms with E-state index in [1.165, 1.54) is 59.6 Å². The molecule has 0 aliphatic carbocycles. The highest BCUT2D eigenvalue weighted by Crippen LogP contribution is 2.30. The van der Waals surface area contributed by atoms with E-state index < -0.39 is 0 Å². The monoisotopic (exact) mass is 417 g/mol. The first-order valence-electron chi connectivity index (χ1n) is 12.2. The van der Waals surface area contributed by atoms with Crippen LogP contribution in [0.3, 0.4) is 0 Å². The molecule has 3 heterocycles. The van der Waals surface area contributed by atoms with Gasteiger partial charge in [0.2, 0.25) is 5.91 Å². The summed E-state index contributed by atoms with van der Waals surface area (Å²) in [7, 11) is 0. The van der Waals surface area contributed by atoms with Gasteiger partial charge in [0.1, 0.15) is 0 Å². The summed E-state index contributed by atoms with van der Waals surface area (Å²) >= 11 is 0.